The van der Waals surface area contributed by atoms with Gasteiger partial charge in [-0.1, -0.05) is 23.3 Å². The highest BCUT2D eigenvalue weighted by atomic mass is 16.4. The van der Waals surface area contributed by atoms with Gasteiger partial charge in [0.05, 0.1) is 0 Å². The zero-order valence-electron chi connectivity index (χ0n) is 10.9. The monoisotopic (exact) mass is 260 g/mol. The zero-order valence-corrected chi connectivity index (χ0v) is 10.9. The lowest BCUT2D eigenvalue weighted by Crippen LogP contribution is -2.17. The Morgan fingerprint density at radius 1 is 1.32 bits per heavy atom. The fraction of sp³-hybridized carbons (Fsp3) is 0.308. The molecule has 0 fully saturated rings. The summed E-state index contributed by atoms with van der Waals surface area (Å²) in [7, 11) is 1.88. The van der Waals surface area contributed by atoms with Crippen LogP contribution in [0.25, 0.3) is 0 Å². The molecule has 0 atom stereocenters. The fourth-order valence-corrected chi connectivity index (χ4v) is 1.73. The van der Waals surface area contributed by atoms with Crippen molar-refractivity contribution in [2.45, 2.75) is 13.3 Å². The molecule has 2 N–H and O–H groups in total. The quantitative estimate of drug-likeness (QED) is 0.849. The van der Waals surface area contributed by atoms with Crippen molar-refractivity contribution in [2.24, 2.45) is 0 Å². The van der Waals surface area contributed by atoms with E-state index in [9.17, 15) is 4.79 Å². The van der Waals surface area contributed by atoms with Crippen molar-refractivity contribution >= 4 is 11.9 Å². The van der Waals surface area contributed by atoms with E-state index in [4.69, 9.17) is 4.42 Å². The highest BCUT2D eigenvalue weighted by Gasteiger charge is 2.13. The van der Waals surface area contributed by atoms with Gasteiger partial charge < -0.3 is 9.73 Å². The number of carbonyl (C=O) groups is 1. The van der Waals surface area contributed by atoms with E-state index in [1.807, 2.05) is 25.2 Å². The highest BCUT2D eigenvalue weighted by Crippen LogP contribution is 2.12. The number of likely N-dealkylation sites (N-methyl/N-ethyl adjacent to an activating group) is 1. The molecule has 0 saturated heterocycles. The predicted molar refractivity (Wildman–Crippen MR) is 71.1 cm³/mol. The molecule has 0 spiro atoms. The lowest BCUT2D eigenvalue weighted by molar-refractivity contribution is 0.102. The van der Waals surface area contributed by atoms with Gasteiger partial charge in [-0.2, -0.15) is 0 Å². The van der Waals surface area contributed by atoms with Crippen molar-refractivity contribution < 1.29 is 9.21 Å². The largest absolute Gasteiger partial charge is 0.408 e. The molecule has 2 aromatic rings. The van der Waals surface area contributed by atoms with Crippen molar-refractivity contribution in [3.63, 3.8) is 0 Å². The molecule has 2 rings (SSSR count). The average molecular weight is 260 g/mol. The molecule has 100 valence electrons. The summed E-state index contributed by atoms with van der Waals surface area (Å²) < 4.78 is 5.13. The van der Waals surface area contributed by atoms with E-state index >= 15 is 0 Å². The Morgan fingerprint density at radius 2 is 2.11 bits per heavy atom. The summed E-state index contributed by atoms with van der Waals surface area (Å²) in [5.74, 6) is 0.175. The number of aromatic nitrogens is 2. The van der Waals surface area contributed by atoms with Crippen LogP contribution in [-0.2, 0) is 6.42 Å². The first-order chi connectivity index (χ1) is 9.20. The van der Waals surface area contributed by atoms with Crippen LogP contribution in [0.5, 0.6) is 0 Å². The number of aryl methyl sites for hydroxylation is 1. The summed E-state index contributed by atoms with van der Waals surface area (Å²) in [6.07, 6.45) is 0.781. The number of carbonyl (C=O) groups excluding carboxylic acids is 1. The minimum atomic E-state index is -0.240. The molecule has 1 amide bonds. The van der Waals surface area contributed by atoms with Crippen molar-refractivity contribution in [2.75, 3.05) is 18.9 Å². The number of hydrogen-bond acceptors (Lipinski definition) is 5. The van der Waals surface area contributed by atoms with E-state index < -0.39 is 0 Å². The Kier molecular flexibility index (Phi) is 4.25. The van der Waals surface area contributed by atoms with Gasteiger partial charge in [0, 0.05) is 12.5 Å². The first kappa shape index (κ1) is 13.2. The molecule has 0 aliphatic heterocycles. The molecule has 0 bridgehead atoms. The SMILES string of the molecule is CNCCc1ccccc1C(=O)Nc1nnc(C)o1. The van der Waals surface area contributed by atoms with Crippen LogP contribution in [0.4, 0.5) is 6.01 Å². The van der Waals surface area contributed by atoms with E-state index in [1.165, 1.54) is 0 Å². The average Bonchev–Trinajstić information content (AvgIpc) is 2.82. The number of amides is 1. The second kappa shape index (κ2) is 6.10. The standard InChI is InChI=1S/C13H16N4O2/c1-9-16-17-13(19-9)15-12(18)11-6-4-3-5-10(11)7-8-14-2/h3-6,14H,7-8H2,1-2H3,(H,15,17,18). The molecule has 0 aliphatic rings. The van der Waals surface area contributed by atoms with Gasteiger partial charge in [0.2, 0.25) is 5.89 Å². The number of benzene rings is 1. The number of nitrogens with one attached hydrogen (secondary N) is 2. The lowest BCUT2D eigenvalue weighted by atomic mass is 10.0. The summed E-state index contributed by atoms with van der Waals surface area (Å²) in [6.45, 7) is 2.48. The van der Waals surface area contributed by atoms with Crippen LogP contribution in [0.15, 0.2) is 28.7 Å². The normalized spacial score (nSPS) is 10.4. The molecular formula is C13H16N4O2. The van der Waals surface area contributed by atoms with Crippen LogP contribution < -0.4 is 10.6 Å². The first-order valence-corrected chi connectivity index (χ1v) is 6.04. The third kappa shape index (κ3) is 3.38. The van der Waals surface area contributed by atoms with Crippen LogP contribution in [0.1, 0.15) is 21.8 Å². The van der Waals surface area contributed by atoms with Gasteiger partial charge in [-0.15, -0.1) is 5.10 Å². The summed E-state index contributed by atoms with van der Waals surface area (Å²) in [5, 5.41) is 13.1. The Hall–Kier alpha value is -2.21. The van der Waals surface area contributed by atoms with Crippen molar-refractivity contribution in [3.8, 4) is 0 Å². The van der Waals surface area contributed by atoms with Crippen LogP contribution in [0.2, 0.25) is 0 Å². The van der Waals surface area contributed by atoms with E-state index in [0.29, 0.717) is 11.5 Å². The molecule has 1 aromatic heterocycles. The van der Waals surface area contributed by atoms with Crippen molar-refractivity contribution in [1.29, 1.82) is 0 Å². The van der Waals surface area contributed by atoms with Gasteiger partial charge in [0.1, 0.15) is 0 Å². The van der Waals surface area contributed by atoms with Gasteiger partial charge >= 0.3 is 6.01 Å². The predicted octanol–water partition coefficient (Wildman–Crippen LogP) is 1.39. The summed E-state index contributed by atoms with van der Waals surface area (Å²) >= 11 is 0. The maximum atomic E-state index is 12.1. The van der Waals surface area contributed by atoms with Crippen LogP contribution in [-0.4, -0.2) is 29.7 Å². The van der Waals surface area contributed by atoms with E-state index in [2.05, 4.69) is 20.8 Å². The van der Waals surface area contributed by atoms with E-state index in [1.54, 1.807) is 13.0 Å². The molecule has 6 heteroatoms. The van der Waals surface area contributed by atoms with Gasteiger partial charge in [-0.05, 0) is 31.6 Å². The van der Waals surface area contributed by atoms with E-state index in [-0.39, 0.29) is 11.9 Å². The Labute approximate surface area is 111 Å². The van der Waals surface area contributed by atoms with Crippen molar-refractivity contribution in [1.82, 2.24) is 15.5 Å². The first-order valence-electron chi connectivity index (χ1n) is 6.04. The second-order valence-corrected chi connectivity index (χ2v) is 4.09. The molecule has 0 radical (unpaired) electrons. The Bertz CT molecular complexity index is 565. The van der Waals surface area contributed by atoms with Crippen LogP contribution in [0.3, 0.4) is 0 Å². The Balaban J connectivity index is 2.14. The molecular weight excluding hydrogens is 244 g/mol. The van der Waals surface area contributed by atoms with Gasteiger partial charge in [-0.3, -0.25) is 10.1 Å². The zero-order chi connectivity index (χ0) is 13.7. The third-order valence-electron chi connectivity index (χ3n) is 2.65. The molecule has 0 aliphatic carbocycles. The molecule has 1 heterocycles. The van der Waals surface area contributed by atoms with Crippen LogP contribution >= 0.6 is 0 Å². The Morgan fingerprint density at radius 3 is 2.79 bits per heavy atom. The fourth-order valence-electron chi connectivity index (χ4n) is 1.73. The molecule has 0 saturated carbocycles. The minimum absolute atomic E-state index is 0.117. The summed E-state index contributed by atoms with van der Waals surface area (Å²) in [4.78, 5) is 12.1. The van der Waals surface area contributed by atoms with E-state index in [0.717, 1.165) is 18.5 Å². The maximum absolute atomic E-state index is 12.1. The highest BCUT2D eigenvalue weighted by molar-refractivity contribution is 6.04. The van der Waals surface area contributed by atoms with Gasteiger partial charge in [0.15, 0.2) is 0 Å². The minimum Gasteiger partial charge on any atom is -0.408 e. The number of anilines is 1. The second-order valence-electron chi connectivity index (χ2n) is 4.09. The third-order valence-corrected chi connectivity index (χ3v) is 2.65. The summed E-state index contributed by atoms with van der Waals surface area (Å²) in [5.41, 5.74) is 1.60. The number of hydrogen-bond donors (Lipinski definition) is 2. The molecule has 1 aromatic carbocycles. The van der Waals surface area contributed by atoms with Crippen LogP contribution in [0, 0.1) is 6.92 Å². The topological polar surface area (TPSA) is 80.0 Å². The summed E-state index contributed by atoms with van der Waals surface area (Å²) in [6, 6.07) is 7.58. The number of nitrogens with zero attached hydrogens (tertiary/aromatic N) is 2. The molecule has 0 unspecified atom stereocenters. The van der Waals surface area contributed by atoms with Crippen molar-refractivity contribution in [3.05, 3.63) is 41.3 Å². The van der Waals surface area contributed by atoms with Gasteiger partial charge in [0.25, 0.3) is 5.91 Å². The van der Waals surface area contributed by atoms with Gasteiger partial charge in [-0.25, -0.2) is 0 Å². The molecule has 19 heavy (non-hydrogen) atoms. The lowest BCUT2D eigenvalue weighted by Gasteiger charge is -2.07. The number of rotatable bonds is 5. The maximum Gasteiger partial charge on any atom is 0.322 e. The molecule has 6 nitrogen and oxygen atoms in total. The smallest absolute Gasteiger partial charge is 0.322 e.